The number of imide groups is 1. The van der Waals surface area contributed by atoms with Crippen molar-refractivity contribution in [2.24, 2.45) is 0 Å². The second-order valence-electron chi connectivity index (χ2n) is 5.09. The van der Waals surface area contributed by atoms with Gasteiger partial charge < -0.3 is 4.74 Å². The van der Waals surface area contributed by atoms with Crippen LogP contribution in [0.15, 0.2) is 46.9 Å². The number of hydrogen-bond donors (Lipinski definition) is 0. The van der Waals surface area contributed by atoms with Gasteiger partial charge in [-0.2, -0.15) is 0 Å². The molecule has 0 radical (unpaired) electrons. The van der Waals surface area contributed by atoms with Crippen molar-refractivity contribution >= 4 is 27.7 Å². The highest BCUT2D eigenvalue weighted by molar-refractivity contribution is 9.10. The predicted octanol–water partition coefficient (Wildman–Crippen LogP) is 3.81. The van der Waals surface area contributed by atoms with Crippen molar-refractivity contribution in [3.63, 3.8) is 0 Å². The van der Waals surface area contributed by atoms with E-state index in [1.165, 1.54) is 4.90 Å². The zero-order valence-electron chi connectivity index (χ0n) is 12.2. The largest absolute Gasteiger partial charge is 0.496 e. The molecule has 1 heterocycles. The molecule has 0 spiro atoms. The van der Waals surface area contributed by atoms with E-state index in [1.807, 2.05) is 25.1 Å². The second kappa shape index (κ2) is 5.57. The lowest BCUT2D eigenvalue weighted by Crippen LogP contribution is -2.32. The Bertz CT molecular complexity index is 737. The second-order valence-corrected chi connectivity index (χ2v) is 6.00. The van der Waals surface area contributed by atoms with E-state index in [9.17, 15) is 9.59 Å². The quantitative estimate of drug-likeness (QED) is 0.782. The Hall–Kier alpha value is -2.14. The number of rotatable bonds is 3. The van der Waals surface area contributed by atoms with Gasteiger partial charge in [-0.3, -0.25) is 14.5 Å². The molecule has 4 nitrogen and oxygen atoms in total. The number of carbonyl (C=O) groups excluding carboxylic acids is 2. The smallest absolute Gasteiger partial charge is 0.262 e. The Morgan fingerprint density at radius 3 is 2.18 bits per heavy atom. The third-order valence-electron chi connectivity index (χ3n) is 3.86. The van der Waals surface area contributed by atoms with Crippen LogP contribution in [0.3, 0.4) is 0 Å². The number of hydrogen-bond acceptors (Lipinski definition) is 3. The number of fused-ring (bicyclic) bond motifs is 1. The summed E-state index contributed by atoms with van der Waals surface area (Å²) in [6.07, 6.45) is 0. The molecule has 1 aliphatic rings. The van der Waals surface area contributed by atoms with Gasteiger partial charge in [0.2, 0.25) is 0 Å². The van der Waals surface area contributed by atoms with Gasteiger partial charge >= 0.3 is 0 Å². The normalized spacial score (nSPS) is 15.0. The number of halogens is 1. The van der Waals surface area contributed by atoms with Crippen molar-refractivity contribution < 1.29 is 14.3 Å². The van der Waals surface area contributed by atoms with Crippen molar-refractivity contribution in [1.29, 1.82) is 0 Å². The maximum absolute atomic E-state index is 12.5. The van der Waals surface area contributed by atoms with E-state index in [-0.39, 0.29) is 11.8 Å². The molecule has 0 N–H and O–H groups in total. The molecule has 0 saturated carbocycles. The Morgan fingerprint density at radius 1 is 1.05 bits per heavy atom. The highest BCUT2D eigenvalue weighted by atomic mass is 79.9. The lowest BCUT2D eigenvalue weighted by Gasteiger charge is -2.24. The maximum atomic E-state index is 12.5. The Labute approximate surface area is 136 Å². The van der Waals surface area contributed by atoms with Gasteiger partial charge in [-0.05, 0) is 31.2 Å². The molecule has 2 amide bonds. The van der Waals surface area contributed by atoms with Crippen molar-refractivity contribution in [1.82, 2.24) is 4.90 Å². The van der Waals surface area contributed by atoms with E-state index in [0.29, 0.717) is 16.9 Å². The van der Waals surface area contributed by atoms with Gasteiger partial charge in [0.1, 0.15) is 5.75 Å². The zero-order chi connectivity index (χ0) is 15.9. The summed E-state index contributed by atoms with van der Waals surface area (Å²) in [5.74, 6) is 0.106. The minimum atomic E-state index is -0.407. The van der Waals surface area contributed by atoms with Crippen LogP contribution in [-0.4, -0.2) is 23.8 Å². The summed E-state index contributed by atoms with van der Waals surface area (Å²) >= 11 is 3.39. The molecule has 5 heteroatoms. The molecule has 0 saturated heterocycles. The lowest BCUT2D eigenvalue weighted by molar-refractivity contribution is 0.0594. The van der Waals surface area contributed by atoms with Crippen LogP contribution in [0.2, 0.25) is 0 Å². The predicted molar refractivity (Wildman–Crippen MR) is 86.1 cm³/mol. The third-order valence-corrected chi connectivity index (χ3v) is 4.35. The average Bonchev–Trinajstić information content (AvgIpc) is 2.78. The minimum absolute atomic E-state index is 0.266. The monoisotopic (exact) mass is 359 g/mol. The van der Waals surface area contributed by atoms with Gasteiger partial charge in [-0.1, -0.05) is 34.1 Å². The number of ether oxygens (including phenoxy) is 1. The van der Waals surface area contributed by atoms with Crippen LogP contribution in [0.25, 0.3) is 0 Å². The summed E-state index contributed by atoms with van der Waals surface area (Å²) in [7, 11) is 1.57. The summed E-state index contributed by atoms with van der Waals surface area (Å²) in [6, 6.07) is 12.0. The molecule has 0 bridgehead atoms. The van der Waals surface area contributed by atoms with Crippen LogP contribution >= 0.6 is 15.9 Å². The van der Waals surface area contributed by atoms with Crippen LogP contribution in [0.1, 0.15) is 39.2 Å². The van der Waals surface area contributed by atoms with Gasteiger partial charge in [-0.15, -0.1) is 0 Å². The molecule has 112 valence electrons. The Morgan fingerprint density at radius 2 is 1.64 bits per heavy atom. The SMILES string of the molecule is COc1cc(Br)ccc1[C@H](C)N1C(=O)c2ccccc2C1=O. The molecule has 1 atom stereocenters. The zero-order valence-corrected chi connectivity index (χ0v) is 13.8. The number of benzene rings is 2. The number of carbonyl (C=O) groups is 2. The Kier molecular flexibility index (Phi) is 3.74. The first-order valence-electron chi connectivity index (χ1n) is 6.85. The first kappa shape index (κ1) is 14.8. The summed E-state index contributed by atoms with van der Waals surface area (Å²) in [5, 5.41) is 0. The summed E-state index contributed by atoms with van der Waals surface area (Å²) in [6.45, 7) is 1.83. The van der Waals surface area contributed by atoms with E-state index in [1.54, 1.807) is 31.4 Å². The van der Waals surface area contributed by atoms with Crippen LogP contribution in [-0.2, 0) is 0 Å². The van der Waals surface area contributed by atoms with Gasteiger partial charge in [-0.25, -0.2) is 0 Å². The van der Waals surface area contributed by atoms with Crippen LogP contribution in [0.4, 0.5) is 0 Å². The van der Waals surface area contributed by atoms with Gasteiger partial charge in [0, 0.05) is 10.0 Å². The number of amides is 2. The third kappa shape index (κ3) is 2.22. The van der Waals surface area contributed by atoms with Crippen molar-refractivity contribution in [3.05, 3.63) is 63.6 Å². The first-order chi connectivity index (χ1) is 10.5. The van der Waals surface area contributed by atoms with Crippen molar-refractivity contribution in [2.75, 3.05) is 7.11 Å². The Balaban J connectivity index is 2.03. The molecule has 0 unspecified atom stereocenters. The fourth-order valence-electron chi connectivity index (χ4n) is 2.73. The van der Waals surface area contributed by atoms with Crippen LogP contribution in [0.5, 0.6) is 5.75 Å². The number of methoxy groups -OCH3 is 1. The van der Waals surface area contributed by atoms with Crippen LogP contribution in [0, 0.1) is 0 Å². The van der Waals surface area contributed by atoms with E-state index >= 15 is 0 Å². The highest BCUT2D eigenvalue weighted by Gasteiger charge is 2.39. The highest BCUT2D eigenvalue weighted by Crippen LogP contribution is 2.36. The molecular weight excluding hydrogens is 346 g/mol. The van der Waals surface area contributed by atoms with Crippen molar-refractivity contribution in [3.8, 4) is 5.75 Å². The molecule has 0 fully saturated rings. The summed E-state index contributed by atoms with van der Waals surface area (Å²) < 4.78 is 6.25. The molecule has 0 aliphatic carbocycles. The molecule has 2 aromatic rings. The minimum Gasteiger partial charge on any atom is -0.496 e. The molecular formula is C17H14BrNO3. The van der Waals surface area contributed by atoms with Gasteiger partial charge in [0.25, 0.3) is 11.8 Å². The van der Waals surface area contributed by atoms with E-state index < -0.39 is 6.04 Å². The van der Waals surface area contributed by atoms with Crippen LogP contribution < -0.4 is 4.74 Å². The maximum Gasteiger partial charge on any atom is 0.262 e. The fraction of sp³-hybridized carbons (Fsp3) is 0.176. The lowest BCUT2D eigenvalue weighted by atomic mass is 10.1. The van der Waals surface area contributed by atoms with E-state index in [0.717, 1.165) is 10.0 Å². The summed E-state index contributed by atoms with van der Waals surface area (Å²) in [5.41, 5.74) is 1.70. The number of nitrogens with zero attached hydrogens (tertiary/aromatic N) is 1. The molecule has 22 heavy (non-hydrogen) atoms. The van der Waals surface area contributed by atoms with E-state index in [4.69, 9.17) is 4.74 Å². The molecule has 1 aliphatic heterocycles. The average molecular weight is 360 g/mol. The first-order valence-corrected chi connectivity index (χ1v) is 7.64. The topological polar surface area (TPSA) is 46.6 Å². The van der Waals surface area contributed by atoms with E-state index in [2.05, 4.69) is 15.9 Å². The van der Waals surface area contributed by atoms with Gasteiger partial charge in [0.15, 0.2) is 0 Å². The standard InChI is InChI=1S/C17H14BrNO3/c1-10(12-8-7-11(18)9-15(12)22-2)19-16(20)13-5-3-4-6-14(13)17(19)21/h3-10H,1-2H3/t10-/m0/s1. The van der Waals surface area contributed by atoms with Gasteiger partial charge in [0.05, 0.1) is 24.3 Å². The van der Waals surface area contributed by atoms with Crippen molar-refractivity contribution in [2.45, 2.75) is 13.0 Å². The fourth-order valence-corrected chi connectivity index (χ4v) is 3.07. The molecule has 3 rings (SSSR count). The summed E-state index contributed by atoms with van der Waals surface area (Å²) in [4.78, 5) is 26.4. The molecule has 0 aromatic heterocycles. The molecule has 2 aromatic carbocycles.